The molecule has 2 heterocycles. The molecule has 3 unspecified atom stereocenters. The van der Waals surface area contributed by atoms with Gasteiger partial charge in [-0.3, -0.25) is 10.1 Å². The summed E-state index contributed by atoms with van der Waals surface area (Å²) in [5.74, 6) is 0.197. The van der Waals surface area contributed by atoms with Crippen molar-refractivity contribution in [1.29, 1.82) is 0 Å². The Balaban J connectivity index is 1.66. The first-order valence-corrected chi connectivity index (χ1v) is 7.82. The number of benzene rings is 1. The fraction of sp³-hybridized carbons (Fsp3) is 0.588. The van der Waals surface area contributed by atoms with Gasteiger partial charge in [-0.05, 0) is 38.7 Å². The van der Waals surface area contributed by atoms with E-state index in [2.05, 4.69) is 31.3 Å². The van der Waals surface area contributed by atoms with Crippen LogP contribution in [0.4, 0.5) is 0 Å². The molecule has 4 nitrogen and oxygen atoms in total. The Morgan fingerprint density at radius 2 is 2.14 bits per heavy atom. The molecule has 3 atom stereocenters. The van der Waals surface area contributed by atoms with Gasteiger partial charge in [-0.1, -0.05) is 30.3 Å². The van der Waals surface area contributed by atoms with Gasteiger partial charge in [-0.25, -0.2) is 0 Å². The van der Waals surface area contributed by atoms with Crippen molar-refractivity contribution in [2.24, 2.45) is 0 Å². The number of amides is 1. The maximum atomic E-state index is 12.7. The summed E-state index contributed by atoms with van der Waals surface area (Å²) in [6.07, 6.45) is 2.95. The monoisotopic (exact) mass is 288 g/mol. The summed E-state index contributed by atoms with van der Waals surface area (Å²) in [5, 5.41) is 3.41. The van der Waals surface area contributed by atoms with E-state index >= 15 is 0 Å². The van der Waals surface area contributed by atoms with E-state index in [1.54, 1.807) is 0 Å². The van der Waals surface area contributed by atoms with Gasteiger partial charge in [0, 0.05) is 6.61 Å². The second kappa shape index (κ2) is 5.78. The van der Waals surface area contributed by atoms with Crippen molar-refractivity contribution < 1.29 is 9.53 Å². The molecular formula is C17H24N2O2. The summed E-state index contributed by atoms with van der Waals surface area (Å²) in [7, 11) is 0. The molecule has 1 aromatic carbocycles. The topological polar surface area (TPSA) is 41.6 Å². The normalized spacial score (nSPS) is 32.9. The highest BCUT2D eigenvalue weighted by atomic mass is 16.5. The molecule has 0 radical (unpaired) electrons. The third-order valence-corrected chi connectivity index (χ3v) is 4.58. The van der Waals surface area contributed by atoms with Gasteiger partial charge in [0.25, 0.3) is 0 Å². The fourth-order valence-corrected chi connectivity index (χ4v) is 3.38. The molecule has 2 fully saturated rings. The summed E-state index contributed by atoms with van der Waals surface area (Å²) in [6.45, 7) is 5.67. The Morgan fingerprint density at radius 1 is 1.38 bits per heavy atom. The Morgan fingerprint density at radius 3 is 2.81 bits per heavy atom. The van der Waals surface area contributed by atoms with Crippen molar-refractivity contribution >= 4 is 5.91 Å². The average Bonchev–Trinajstić information content (AvgIpc) is 3.00. The van der Waals surface area contributed by atoms with Crippen LogP contribution in [-0.4, -0.2) is 41.8 Å². The van der Waals surface area contributed by atoms with Crippen LogP contribution in [0.1, 0.15) is 32.3 Å². The van der Waals surface area contributed by atoms with Gasteiger partial charge in [-0.15, -0.1) is 0 Å². The van der Waals surface area contributed by atoms with Crippen molar-refractivity contribution in [2.45, 2.75) is 50.9 Å². The lowest BCUT2D eigenvalue weighted by Gasteiger charge is -2.31. The van der Waals surface area contributed by atoms with Crippen molar-refractivity contribution in [3.8, 4) is 0 Å². The van der Waals surface area contributed by atoms with Crippen LogP contribution < -0.4 is 5.32 Å². The van der Waals surface area contributed by atoms with E-state index in [1.807, 2.05) is 23.1 Å². The molecule has 0 bridgehead atoms. The molecule has 1 N–H and O–H groups in total. The van der Waals surface area contributed by atoms with Gasteiger partial charge >= 0.3 is 0 Å². The summed E-state index contributed by atoms with van der Waals surface area (Å²) in [5.41, 5.74) is 1.02. The minimum Gasteiger partial charge on any atom is -0.373 e. The van der Waals surface area contributed by atoms with E-state index in [0.717, 1.165) is 25.9 Å². The maximum Gasteiger partial charge on any atom is 0.241 e. The van der Waals surface area contributed by atoms with Gasteiger partial charge in [-0.2, -0.15) is 0 Å². The highest BCUT2D eigenvalue weighted by Gasteiger charge is 2.41. The third kappa shape index (κ3) is 3.11. The maximum absolute atomic E-state index is 12.7. The van der Waals surface area contributed by atoms with E-state index in [9.17, 15) is 4.79 Å². The van der Waals surface area contributed by atoms with Crippen LogP contribution in [0.25, 0.3) is 0 Å². The summed E-state index contributed by atoms with van der Waals surface area (Å²) >= 11 is 0. The van der Waals surface area contributed by atoms with Gasteiger partial charge in [0.15, 0.2) is 0 Å². The molecule has 2 aliphatic rings. The number of ether oxygens (including phenoxy) is 1. The highest BCUT2D eigenvalue weighted by molar-refractivity contribution is 5.84. The smallest absolute Gasteiger partial charge is 0.241 e. The number of hydrogen-bond acceptors (Lipinski definition) is 3. The highest BCUT2D eigenvalue weighted by Crippen LogP contribution is 2.28. The van der Waals surface area contributed by atoms with Crippen molar-refractivity contribution in [1.82, 2.24) is 10.2 Å². The molecule has 2 saturated heterocycles. The van der Waals surface area contributed by atoms with Gasteiger partial charge < -0.3 is 9.64 Å². The molecular weight excluding hydrogens is 264 g/mol. The molecule has 0 aromatic heterocycles. The van der Waals surface area contributed by atoms with E-state index in [-0.39, 0.29) is 23.7 Å². The zero-order chi connectivity index (χ0) is 14.9. The van der Waals surface area contributed by atoms with Gasteiger partial charge in [0.2, 0.25) is 5.91 Å². The minimum absolute atomic E-state index is 0.0761. The van der Waals surface area contributed by atoms with E-state index in [4.69, 9.17) is 4.74 Å². The molecule has 0 saturated carbocycles. The van der Waals surface area contributed by atoms with Crippen LogP contribution in [0, 0.1) is 0 Å². The van der Waals surface area contributed by atoms with Crippen molar-refractivity contribution in [3.63, 3.8) is 0 Å². The predicted octanol–water partition coefficient (Wildman–Crippen LogP) is 1.94. The van der Waals surface area contributed by atoms with E-state index < -0.39 is 0 Å². The largest absolute Gasteiger partial charge is 0.373 e. The molecule has 4 heteroatoms. The van der Waals surface area contributed by atoms with Crippen molar-refractivity contribution in [3.05, 3.63) is 35.9 Å². The SMILES string of the molecule is CC1NC(Cc2ccccc2)C(=O)N1CC1(C)CCCO1. The van der Waals surface area contributed by atoms with E-state index in [1.165, 1.54) is 5.56 Å². The number of rotatable bonds is 4. The minimum atomic E-state index is -0.173. The standard InChI is InChI=1S/C17H24N2O2/c1-13-18-15(11-14-7-4-3-5-8-14)16(20)19(13)12-17(2)9-6-10-21-17/h3-5,7-8,13,15,18H,6,9-12H2,1-2H3. The number of nitrogens with zero attached hydrogens (tertiary/aromatic N) is 1. The lowest BCUT2D eigenvalue weighted by Crippen LogP contribution is -2.45. The first-order chi connectivity index (χ1) is 10.1. The average molecular weight is 288 g/mol. The predicted molar refractivity (Wildman–Crippen MR) is 81.8 cm³/mol. The van der Waals surface area contributed by atoms with Gasteiger partial charge in [0.1, 0.15) is 0 Å². The molecule has 1 aromatic rings. The molecule has 2 aliphatic heterocycles. The molecule has 0 aliphatic carbocycles. The summed E-state index contributed by atoms with van der Waals surface area (Å²) < 4.78 is 5.83. The number of nitrogens with one attached hydrogen (secondary N) is 1. The van der Waals surface area contributed by atoms with E-state index in [0.29, 0.717) is 6.54 Å². The third-order valence-electron chi connectivity index (χ3n) is 4.58. The zero-order valence-electron chi connectivity index (χ0n) is 12.8. The van der Waals surface area contributed by atoms with Crippen LogP contribution in [-0.2, 0) is 16.0 Å². The molecule has 1 amide bonds. The summed E-state index contributed by atoms with van der Waals surface area (Å²) in [6, 6.07) is 10.1. The van der Waals surface area contributed by atoms with Crippen molar-refractivity contribution in [2.75, 3.05) is 13.2 Å². The Bertz CT molecular complexity index is 497. The molecule has 21 heavy (non-hydrogen) atoms. The lowest BCUT2D eigenvalue weighted by molar-refractivity contribution is -0.133. The Kier molecular flexibility index (Phi) is 4.00. The van der Waals surface area contributed by atoms with Crippen LogP contribution in [0.15, 0.2) is 30.3 Å². The first-order valence-electron chi connectivity index (χ1n) is 7.82. The number of carbonyl (C=O) groups excluding carboxylic acids is 1. The second-order valence-electron chi connectivity index (χ2n) is 6.45. The van der Waals surface area contributed by atoms with Crippen LogP contribution in [0.3, 0.4) is 0 Å². The lowest BCUT2D eigenvalue weighted by atomic mass is 10.0. The Hall–Kier alpha value is -1.39. The Labute approximate surface area is 126 Å². The zero-order valence-corrected chi connectivity index (χ0v) is 12.8. The molecule has 3 rings (SSSR count). The first kappa shape index (κ1) is 14.5. The number of hydrogen-bond donors (Lipinski definition) is 1. The van der Waals surface area contributed by atoms with Crippen LogP contribution in [0.2, 0.25) is 0 Å². The fourth-order valence-electron chi connectivity index (χ4n) is 3.38. The molecule has 0 spiro atoms. The second-order valence-corrected chi connectivity index (χ2v) is 6.45. The van der Waals surface area contributed by atoms with Crippen LogP contribution in [0.5, 0.6) is 0 Å². The quantitative estimate of drug-likeness (QED) is 0.920. The molecule has 114 valence electrons. The van der Waals surface area contributed by atoms with Crippen LogP contribution >= 0.6 is 0 Å². The number of carbonyl (C=O) groups is 1. The van der Waals surface area contributed by atoms with Gasteiger partial charge in [0.05, 0.1) is 24.4 Å². The summed E-state index contributed by atoms with van der Waals surface area (Å²) in [4.78, 5) is 14.6.